The van der Waals surface area contributed by atoms with Crippen molar-refractivity contribution in [3.05, 3.63) is 0 Å². The van der Waals surface area contributed by atoms with Crippen LogP contribution in [0.3, 0.4) is 0 Å². The normalized spacial score (nSPS) is 21.7. The van der Waals surface area contributed by atoms with Crippen LogP contribution >= 0.6 is 24.0 Å². The van der Waals surface area contributed by atoms with E-state index in [2.05, 4.69) is 22.1 Å². The van der Waals surface area contributed by atoms with Gasteiger partial charge in [-0.1, -0.05) is 26.2 Å². The summed E-state index contributed by atoms with van der Waals surface area (Å²) < 4.78 is 4.78. The molecule has 5 nitrogen and oxygen atoms in total. The van der Waals surface area contributed by atoms with Crippen molar-refractivity contribution in [2.75, 3.05) is 33.3 Å². The van der Waals surface area contributed by atoms with Gasteiger partial charge in [0.05, 0.1) is 19.6 Å². The topological polar surface area (TPSA) is 53.9 Å². The molecule has 1 heterocycles. The second kappa shape index (κ2) is 9.69. The highest BCUT2D eigenvalue weighted by Gasteiger charge is 2.39. The molecule has 1 aliphatic carbocycles. The minimum absolute atomic E-state index is 0. The molecule has 0 bridgehead atoms. The van der Waals surface area contributed by atoms with Crippen LogP contribution in [0.2, 0.25) is 0 Å². The van der Waals surface area contributed by atoms with Gasteiger partial charge in [-0.05, 0) is 31.6 Å². The molecule has 0 aromatic rings. The number of likely N-dealkylation sites (tertiary alicyclic amines) is 1. The average Bonchev–Trinajstić information content (AvgIpc) is 2.94. The van der Waals surface area contributed by atoms with E-state index >= 15 is 0 Å². The highest BCUT2D eigenvalue weighted by Crippen LogP contribution is 2.43. The number of rotatable bonds is 4. The fourth-order valence-electron chi connectivity index (χ4n) is 3.75. The van der Waals surface area contributed by atoms with E-state index in [4.69, 9.17) is 4.74 Å². The third-order valence-corrected chi connectivity index (χ3v) is 5.11. The van der Waals surface area contributed by atoms with E-state index in [9.17, 15) is 4.79 Å². The molecule has 0 radical (unpaired) electrons. The minimum atomic E-state index is -0.190. The Hall–Kier alpha value is -0.530. The van der Waals surface area contributed by atoms with Crippen LogP contribution < -0.4 is 5.32 Å². The molecule has 6 heteroatoms. The number of halogens is 1. The van der Waals surface area contributed by atoms with Crippen molar-refractivity contribution in [3.63, 3.8) is 0 Å². The zero-order chi connectivity index (χ0) is 16.0. The molecule has 0 aromatic carbocycles. The highest BCUT2D eigenvalue weighted by atomic mass is 127. The number of guanidine groups is 1. The summed E-state index contributed by atoms with van der Waals surface area (Å²) in [5.41, 5.74) is 0.516. The summed E-state index contributed by atoms with van der Waals surface area (Å²) in [6.07, 6.45) is 8.15. The van der Waals surface area contributed by atoms with Gasteiger partial charge in [0.25, 0.3) is 0 Å². The van der Waals surface area contributed by atoms with E-state index in [0.717, 1.165) is 25.6 Å². The number of hydrogen-bond donors (Lipinski definition) is 1. The number of esters is 1. The van der Waals surface area contributed by atoms with Crippen LogP contribution in [-0.4, -0.2) is 50.1 Å². The molecule has 1 spiro atoms. The second-order valence-electron chi connectivity index (χ2n) is 6.85. The Kier molecular flexibility index (Phi) is 8.64. The summed E-state index contributed by atoms with van der Waals surface area (Å²) in [7, 11) is 1.43. The first-order chi connectivity index (χ1) is 10.6. The molecule has 1 saturated heterocycles. The van der Waals surface area contributed by atoms with E-state index < -0.39 is 0 Å². The third kappa shape index (κ3) is 5.50. The molecule has 1 unspecified atom stereocenters. The summed E-state index contributed by atoms with van der Waals surface area (Å²) >= 11 is 0. The van der Waals surface area contributed by atoms with Crippen molar-refractivity contribution >= 4 is 35.9 Å². The first-order valence-corrected chi connectivity index (χ1v) is 8.71. The Morgan fingerprint density at radius 2 is 2.00 bits per heavy atom. The Morgan fingerprint density at radius 1 is 1.30 bits per heavy atom. The van der Waals surface area contributed by atoms with Gasteiger partial charge in [0.1, 0.15) is 0 Å². The van der Waals surface area contributed by atoms with Crippen molar-refractivity contribution in [1.82, 2.24) is 10.2 Å². The van der Waals surface area contributed by atoms with E-state index in [1.807, 2.05) is 6.92 Å². The number of methoxy groups -OCH3 is 1. The van der Waals surface area contributed by atoms with Crippen molar-refractivity contribution < 1.29 is 9.53 Å². The lowest BCUT2D eigenvalue weighted by Gasteiger charge is -2.33. The molecule has 2 aliphatic rings. The maximum absolute atomic E-state index is 11.5. The lowest BCUT2D eigenvalue weighted by atomic mass is 9.73. The van der Waals surface area contributed by atoms with Gasteiger partial charge in [-0.15, -0.1) is 24.0 Å². The van der Waals surface area contributed by atoms with Crippen LogP contribution in [0.25, 0.3) is 0 Å². The molecule has 2 rings (SSSR count). The van der Waals surface area contributed by atoms with Gasteiger partial charge in [-0.2, -0.15) is 0 Å². The van der Waals surface area contributed by atoms with Crippen LogP contribution in [0.1, 0.15) is 52.4 Å². The van der Waals surface area contributed by atoms with Crippen LogP contribution in [0.4, 0.5) is 0 Å². The van der Waals surface area contributed by atoms with Crippen LogP contribution in [0.15, 0.2) is 4.99 Å². The number of nitrogens with zero attached hydrogens (tertiary/aromatic N) is 2. The summed E-state index contributed by atoms with van der Waals surface area (Å²) in [6, 6.07) is 0. The SMILES string of the molecule is CCNC(=NCC(C)C(=O)OC)N1CCC2(CCCCC2)C1.I. The monoisotopic (exact) mass is 437 g/mol. The number of aliphatic imine (C=N–C) groups is 1. The van der Waals surface area contributed by atoms with Crippen molar-refractivity contribution in [1.29, 1.82) is 0 Å². The number of carbonyl (C=O) groups is 1. The lowest BCUT2D eigenvalue weighted by Crippen LogP contribution is -2.42. The smallest absolute Gasteiger partial charge is 0.310 e. The summed E-state index contributed by atoms with van der Waals surface area (Å²) in [5, 5.41) is 3.38. The fraction of sp³-hybridized carbons (Fsp3) is 0.882. The average molecular weight is 437 g/mol. The standard InChI is InChI=1S/C17H31N3O2.HI/c1-4-18-16(19-12-14(2)15(21)22-3)20-11-10-17(13-20)8-6-5-7-9-17;/h14H,4-13H2,1-3H3,(H,18,19);1H. The van der Waals surface area contributed by atoms with Gasteiger partial charge >= 0.3 is 5.97 Å². The maximum Gasteiger partial charge on any atom is 0.310 e. The maximum atomic E-state index is 11.5. The zero-order valence-electron chi connectivity index (χ0n) is 14.8. The van der Waals surface area contributed by atoms with E-state index in [0.29, 0.717) is 12.0 Å². The number of hydrogen-bond acceptors (Lipinski definition) is 3. The van der Waals surface area contributed by atoms with Crippen molar-refractivity contribution in [2.45, 2.75) is 52.4 Å². The first-order valence-electron chi connectivity index (χ1n) is 8.71. The Balaban J connectivity index is 0.00000264. The van der Waals surface area contributed by atoms with Gasteiger partial charge < -0.3 is 15.0 Å². The van der Waals surface area contributed by atoms with E-state index in [1.54, 1.807) is 0 Å². The Morgan fingerprint density at radius 3 is 2.61 bits per heavy atom. The summed E-state index contributed by atoms with van der Waals surface area (Å²) in [5.74, 6) is 0.579. The Labute approximate surface area is 157 Å². The van der Waals surface area contributed by atoms with Crippen LogP contribution in [0.5, 0.6) is 0 Å². The molecule has 0 aromatic heterocycles. The van der Waals surface area contributed by atoms with Gasteiger partial charge in [0, 0.05) is 19.6 Å². The molecule has 0 amide bonds. The molecule has 1 N–H and O–H groups in total. The molecule has 134 valence electrons. The van der Waals surface area contributed by atoms with E-state index in [1.165, 1.54) is 45.6 Å². The number of nitrogens with one attached hydrogen (secondary N) is 1. The predicted octanol–water partition coefficient (Wildman–Crippen LogP) is 3.04. The predicted molar refractivity (Wildman–Crippen MR) is 104 cm³/mol. The van der Waals surface area contributed by atoms with E-state index in [-0.39, 0.29) is 35.9 Å². The van der Waals surface area contributed by atoms with Crippen LogP contribution in [-0.2, 0) is 9.53 Å². The Bertz CT molecular complexity index is 409. The molecule has 2 fully saturated rings. The number of carbonyl (C=O) groups excluding carboxylic acids is 1. The third-order valence-electron chi connectivity index (χ3n) is 5.11. The fourth-order valence-corrected chi connectivity index (χ4v) is 3.75. The molecule has 1 aliphatic heterocycles. The lowest BCUT2D eigenvalue weighted by molar-refractivity contribution is -0.144. The van der Waals surface area contributed by atoms with Gasteiger partial charge in [0.15, 0.2) is 5.96 Å². The molecular weight excluding hydrogens is 405 g/mol. The van der Waals surface area contributed by atoms with Gasteiger partial charge in [-0.25, -0.2) is 0 Å². The molecule has 1 atom stereocenters. The largest absolute Gasteiger partial charge is 0.469 e. The van der Waals surface area contributed by atoms with Crippen LogP contribution in [0, 0.1) is 11.3 Å². The zero-order valence-corrected chi connectivity index (χ0v) is 17.1. The van der Waals surface area contributed by atoms with Gasteiger partial charge in [0.2, 0.25) is 0 Å². The quantitative estimate of drug-likeness (QED) is 0.318. The number of ether oxygens (including phenoxy) is 1. The summed E-state index contributed by atoms with van der Waals surface area (Å²) in [4.78, 5) is 18.6. The van der Waals surface area contributed by atoms with Gasteiger partial charge in [-0.3, -0.25) is 9.79 Å². The summed E-state index contributed by atoms with van der Waals surface area (Å²) in [6.45, 7) is 7.49. The highest BCUT2D eigenvalue weighted by molar-refractivity contribution is 14.0. The molecular formula is C17H32IN3O2. The van der Waals surface area contributed by atoms with Crippen molar-refractivity contribution in [3.8, 4) is 0 Å². The molecule has 23 heavy (non-hydrogen) atoms. The van der Waals surface area contributed by atoms with Crippen molar-refractivity contribution in [2.24, 2.45) is 16.3 Å². The minimum Gasteiger partial charge on any atom is -0.469 e. The second-order valence-corrected chi connectivity index (χ2v) is 6.85. The molecule has 1 saturated carbocycles. The first kappa shape index (κ1) is 20.5.